The van der Waals surface area contributed by atoms with Gasteiger partial charge in [0.2, 0.25) is 0 Å². The summed E-state index contributed by atoms with van der Waals surface area (Å²) in [5.74, 6) is 0.557. The van der Waals surface area contributed by atoms with Crippen LogP contribution in [0.4, 0.5) is 0 Å². The summed E-state index contributed by atoms with van der Waals surface area (Å²) in [6.07, 6.45) is 4.20. The van der Waals surface area contributed by atoms with E-state index in [1.807, 2.05) is 0 Å². The van der Waals surface area contributed by atoms with E-state index in [-0.39, 0.29) is 11.0 Å². The molecule has 1 saturated carbocycles. The zero-order valence-electron chi connectivity index (χ0n) is 13.6. The minimum atomic E-state index is -0.0832. The van der Waals surface area contributed by atoms with Gasteiger partial charge in [0.05, 0.1) is 6.10 Å². The number of hydrogen-bond donors (Lipinski definition) is 1. The van der Waals surface area contributed by atoms with E-state index in [1.165, 1.54) is 19.4 Å². The van der Waals surface area contributed by atoms with Crippen molar-refractivity contribution in [2.24, 2.45) is 17.1 Å². The van der Waals surface area contributed by atoms with Crippen molar-refractivity contribution in [3.8, 4) is 0 Å². The number of fused-ring (bicyclic) bond motifs is 1. The van der Waals surface area contributed by atoms with Gasteiger partial charge in [-0.1, -0.05) is 13.8 Å². The average molecular weight is 281 g/mol. The first-order valence-electron chi connectivity index (χ1n) is 8.15. The molecule has 20 heavy (non-hydrogen) atoms. The lowest BCUT2D eigenvalue weighted by Crippen LogP contribution is -2.78. The first-order chi connectivity index (χ1) is 9.36. The van der Waals surface area contributed by atoms with Crippen molar-refractivity contribution in [3.63, 3.8) is 0 Å². The van der Waals surface area contributed by atoms with Crippen LogP contribution in [0.15, 0.2) is 0 Å². The van der Waals surface area contributed by atoms with Gasteiger partial charge in [-0.2, -0.15) is 0 Å². The summed E-state index contributed by atoms with van der Waals surface area (Å²) in [4.78, 5) is 4.95. The zero-order valence-corrected chi connectivity index (χ0v) is 13.6. The number of likely N-dealkylation sites (N-methyl/N-ethyl adjacent to an activating group) is 2. The Balaban J connectivity index is 1.61. The number of nitrogens with zero attached hydrogens (tertiary/aromatic N) is 2. The molecule has 4 nitrogen and oxygen atoms in total. The fourth-order valence-electron chi connectivity index (χ4n) is 4.88. The molecule has 0 bridgehead atoms. The van der Waals surface area contributed by atoms with Crippen LogP contribution in [0.1, 0.15) is 33.1 Å². The van der Waals surface area contributed by atoms with Gasteiger partial charge in [-0.3, -0.25) is 0 Å². The molecule has 4 heteroatoms. The van der Waals surface area contributed by atoms with E-state index in [2.05, 4.69) is 37.7 Å². The van der Waals surface area contributed by atoms with Crippen molar-refractivity contribution < 1.29 is 4.74 Å². The molecule has 0 aromatic heterocycles. The first kappa shape index (κ1) is 14.8. The van der Waals surface area contributed by atoms with Crippen LogP contribution in [-0.4, -0.2) is 67.8 Å². The average Bonchev–Trinajstić information content (AvgIpc) is 2.98. The van der Waals surface area contributed by atoms with Crippen LogP contribution in [0, 0.1) is 11.3 Å². The third-order valence-electron chi connectivity index (χ3n) is 6.39. The van der Waals surface area contributed by atoms with Crippen LogP contribution < -0.4 is 5.73 Å². The van der Waals surface area contributed by atoms with Gasteiger partial charge in [0.1, 0.15) is 0 Å². The molecule has 0 amide bonds. The van der Waals surface area contributed by atoms with Gasteiger partial charge >= 0.3 is 0 Å². The predicted molar refractivity (Wildman–Crippen MR) is 81.7 cm³/mol. The predicted octanol–water partition coefficient (Wildman–Crippen LogP) is 1.15. The van der Waals surface area contributed by atoms with E-state index in [1.54, 1.807) is 0 Å². The molecule has 3 rings (SSSR count). The molecule has 2 saturated heterocycles. The summed E-state index contributed by atoms with van der Waals surface area (Å²) in [7, 11) is 4.48. The second-order valence-electron chi connectivity index (χ2n) is 7.92. The Morgan fingerprint density at radius 2 is 2.10 bits per heavy atom. The third kappa shape index (κ3) is 2.04. The van der Waals surface area contributed by atoms with E-state index in [4.69, 9.17) is 10.5 Å². The molecular formula is C16H31N3O. The van der Waals surface area contributed by atoms with Gasteiger partial charge in [0.15, 0.2) is 0 Å². The summed E-state index contributed by atoms with van der Waals surface area (Å²) in [5.41, 5.74) is 6.86. The minimum Gasteiger partial charge on any atom is -0.377 e. The number of likely N-dealkylation sites (tertiary alicyclic amines) is 1. The maximum atomic E-state index is 6.84. The molecule has 3 aliphatic rings. The molecule has 2 aliphatic heterocycles. The maximum Gasteiger partial charge on any atom is 0.0691 e. The van der Waals surface area contributed by atoms with Crippen molar-refractivity contribution in [2.75, 3.05) is 40.3 Å². The highest BCUT2D eigenvalue weighted by Crippen LogP contribution is 2.58. The molecule has 2 heterocycles. The standard InChI is InChI=1S/C16H31N3O/c1-15(2)14-13(7-9-20-14)16(15,17)11-18(3)10-12-6-5-8-19(12)4/h12-14H,5-11,17H2,1-4H3. The molecular weight excluding hydrogens is 250 g/mol. The van der Waals surface area contributed by atoms with Crippen LogP contribution in [0.3, 0.4) is 0 Å². The molecule has 0 aromatic carbocycles. The van der Waals surface area contributed by atoms with Crippen molar-refractivity contribution in [3.05, 3.63) is 0 Å². The van der Waals surface area contributed by atoms with Gasteiger partial charge in [-0.15, -0.1) is 0 Å². The lowest BCUT2D eigenvalue weighted by Gasteiger charge is -2.63. The van der Waals surface area contributed by atoms with Crippen LogP contribution in [0.2, 0.25) is 0 Å². The van der Waals surface area contributed by atoms with Gasteiger partial charge in [-0.25, -0.2) is 0 Å². The molecule has 4 atom stereocenters. The fourth-order valence-corrected chi connectivity index (χ4v) is 4.88. The normalized spacial score (nSPS) is 43.8. The Labute approximate surface area is 123 Å². The Morgan fingerprint density at radius 1 is 1.35 bits per heavy atom. The van der Waals surface area contributed by atoms with Crippen LogP contribution >= 0.6 is 0 Å². The van der Waals surface area contributed by atoms with Crippen LogP contribution in [-0.2, 0) is 4.74 Å². The second kappa shape index (κ2) is 4.94. The second-order valence-corrected chi connectivity index (χ2v) is 7.92. The fraction of sp³-hybridized carbons (Fsp3) is 1.00. The monoisotopic (exact) mass is 281 g/mol. The van der Waals surface area contributed by atoms with E-state index in [0.717, 1.165) is 26.1 Å². The summed E-state index contributed by atoms with van der Waals surface area (Å²) >= 11 is 0. The quantitative estimate of drug-likeness (QED) is 0.839. The number of rotatable bonds is 4. The van der Waals surface area contributed by atoms with Crippen molar-refractivity contribution in [1.29, 1.82) is 0 Å². The highest BCUT2D eigenvalue weighted by Gasteiger charge is 2.67. The van der Waals surface area contributed by atoms with Crippen LogP contribution in [0.25, 0.3) is 0 Å². The smallest absolute Gasteiger partial charge is 0.0691 e. The van der Waals surface area contributed by atoms with Gasteiger partial charge in [0.25, 0.3) is 0 Å². The first-order valence-corrected chi connectivity index (χ1v) is 8.15. The minimum absolute atomic E-state index is 0.0832. The lowest BCUT2D eigenvalue weighted by atomic mass is 9.48. The Morgan fingerprint density at radius 3 is 2.75 bits per heavy atom. The summed E-state index contributed by atoms with van der Waals surface area (Å²) in [5, 5.41) is 0. The van der Waals surface area contributed by atoms with Crippen molar-refractivity contribution >= 4 is 0 Å². The highest BCUT2D eigenvalue weighted by molar-refractivity contribution is 5.21. The van der Waals surface area contributed by atoms with Gasteiger partial charge < -0.3 is 20.3 Å². The van der Waals surface area contributed by atoms with Crippen molar-refractivity contribution in [2.45, 2.75) is 50.8 Å². The topological polar surface area (TPSA) is 41.7 Å². The molecule has 1 aliphatic carbocycles. The van der Waals surface area contributed by atoms with E-state index >= 15 is 0 Å². The summed E-state index contributed by atoms with van der Waals surface area (Å²) < 4.78 is 5.89. The van der Waals surface area contributed by atoms with Gasteiger partial charge in [-0.05, 0) is 39.9 Å². The molecule has 116 valence electrons. The van der Waals surface area contributed by atoms with Crippen LogP contribution in [0.5, 0.6) is 0 Å². The maximum absolute atomic E-state index is 6.84. The SMILES string of the molecule is CN(CC1CCCN1C)CC1(N)C2CCOC2C1(C)C. The van der Waals surface area contributed by atoms with E-state index < -0.39 is 0 Å². The molecule has 0 radical (unpaired) electrons. The van der Waals surface area contributed by atoms with E-state index in [0.29, 0.717) is 18.1 Å². The Bertz CT molecular complexity index is 373. The largest absolute Gasteiger partial charge is 0.377 e. The summed E-state index contributed by atoms with van der Waals surface area (Å²) in [6.45, 7) is 8.85. The van der Waals surface area contributed by atoms with E-state index in [9.17, 15) is 0 Å². The molecule has 3 fully saturated rings. The molecule has 0 aromatic rings. The van der Waals surface area contributed by atoms with Gasteiger partial charge in [0, 0.05) is 42.6 Å². The number of hydrogen-bond acceptors (Lipinski definition) is 4. The zero-order chi connectivity index (χ0) is 14.5. The Kier molecular flexibility index (Phi) is 3.65. The third-order valence-corrected chi connectivity index (χ3v) is 6.39. The highest BCUT2D eigenvalue weighted by atomic mass is 16.5. The molecule has 4 unspecified atom stereocenters. The molecule has 2 N–H and O–H groups in total. The lowest BCUT2D eigenvalue weighted by molar-refractivity contribution is -0.162. The summed E-state index contributed by atoms with van der Waals surface area (Å²) in [6, 6.07) is 0.711. The number of ether oxygens (including phenoxy) is 1. The van der Waals surface area contributed by atoms with Crippen molar-refractivity contribution in [1.82, 2.24) is 9.80 Å². The Hall–Kier alpha value is -0.160. The molecule has 0 spiro atoms. The number of nitrogens with two attached hydrogens (primary N) is 1.